The summed E-state index contributed by atoms with van der Waals surface area (Å²) in [6.45, 7) is 7.80. The Hall–Kier alpha value is -1.34. The molecule has 0 radical (unpaired) electrons. The van der Waals surface area contributed by atoms with Crippen molar-refractivity contribution in [2.24, 2.45) is 0 Å². The van der Waals surface area contributed by atoms with Crippen molar-refractivity contribution in [1.29, 1.82) is 0 Å². The SMILES string of the molecule is CC(C)NCCC(C)c1cccc2ccccc12. The second kappa shape index (κ2) is 6.01. The summed E-state index contributed by atoms with van der Waals surface area (Å²) in [5.41, 5.74) is 1.47. The molecule has 0 amide bonds. The van der Waals surface area contributed by atoms with Crippen LogP contribution >= 0.6 is 0 Å². The van der Waals surface area contributed by atoms with E-state index < -0.39 is 0 Å². The van der Waals surface area contributed by atoms with Gasteiger partial charge in [0.2, 0.25) is 0 Å². The lowest BCUT2D eigenvalue weighted by Gasteiger charge is -2.16. The Morgan fingerprint density at radius 1 is 0.944 bits per heavy atom. The van der Waals surface area contributed by atoms with Crippen LogP contribution in [0.3, 0.4) is 0 Å². The molecule has 96 valence electrons. The van der Waals surface area contributed by atoms with Crippen LogP contribution in [0.1, 0.15) is 38.7 Å². The van der Waals surface area contributed by atoms with Gasteiger partial charge in [-0.1, -0.05) is 63.2 Å². The molecule has 1 unspecified atom stereocenters. The predicted molar refractivity (Wildman–Crippen MR) is 80.1 cm³/mol. The summed E-state index contributed by atoms with van der Waals surface area (Å²) >= 11 is 0. The molecule has 1 N–H and O–H groups in total. The van der Waals surface area contributed by atoms with E-state index in [2.05, 4.69) is 68.6 Å². The molecule has 2 aromatic rings. The molecule has 0 spiro atoms. The minimum Gasteiger partial charge on any atom is -0.315 e. The second-order valence-electron chi connectivity index (χ2n) is 5.37. The van der Waals surface area contributed by atoms with Crippen molar-refractivity contribution in [3.8, 4) is 0 Å². The van der Waals surface area contributed by atoms with Crippen LogP contribution in [-0.2, 0) is 0 Å². The van der Waals surface area contributed by atoms with Gasteiger partial charge < -0.3 is 5.32 Å². The molecular weight excluding hydrogens is 218 g/mol. The quantitative estimate of drug-likeness (QED) is 0.821. The zero-order chi connectivity index (χ0) is 13.0. The number of rotatable bonds is 5. The smallest absolute Gasteiger partial charge is 0.00103 e. The molecule has 0 fully saturated rings. The molecule has 1 atom stereocenters. The van der Waals surface area contributed by atoms with Crippen molar-refractivity contribution < 1.29 is 0 Å². The molecule has 0 aliphatic rings. The molecule has 0 aliphatic heterocycles. The first kappa shape index (κ1) is 13.1. The van der Waals surface area contributed by atoms with Gasteiger partial charge in [0.1, 0.15) is 0 Å². The van der Waals surface area contributed by atoms with Gasteiger partial charge in [-0.25, -0.2) is 0 Å². The second-order valence-corrected chi connectivity index (χ2v) is 5.37. The van der Waals surface area contributed by atoms with E-state index in [0.29, 0.717) is 12.0 Å². The molecule has 0 aromatic heterocycles. The van der Waals surface area contributed by atoms with Crippen LogP contribution in [0, 0.1) is 0 Å². The van der Waals surface area contributed by atoms with Crippen LogP contribution in [0.4, 0.5) is 0 Å². The monoisotopic (exact) mass is 241 g/mol. The minimum atomic E-state index is 0.574. The Morgan fingerprint density at radius 2 is 1.67 bits per heavy atom. The lowest BCUT2D eigenvalue weighted by Crippen LogP contribution is -2.24. The molecule has 1 heteroatoms. The number of hydrogen-bond donors (Lipinski definition) is 1. The predicted octanol–water partition coefficient (Wildman–Crippen LogP) is 4.33. The lowest BCUT2D eigenvalue weighted by molar-refractivity contribution is 0.542. The van der Waals surface area contributed by atoms with Crippen LogP contribution in [0.5, 0.6) is 0 Å². The van der Waals surface area contributed by atoms with Crippen LogP contribution < -0.4 is 5.32 Å². The third-order valence-electron chi connectivity index (χ3n) is 3.48. The summed E-state index contributed by atoms with van der Waals surface area (Å²) in [6, 6.07) is 15.9. The number of nitrogens with one attached hydrogen (secondary N) is 1. The molecule has 0 aliphatic carbocycles. The third kappa shape index (κ3) is 3.11. The van der Waals surface area contributed by atoms with Gasteiger partial charge in [0.25, 0.3) is 0 Å². The fourth-order valence-electron chi connectivity index (χ4n) is 2.42. The van der Waals surface area contributed by atoms with Crippen LogP contribution in [0.2, 0.25) is 0 Å². The molecule has 0 saturated carbocycles. The van der Waals surface area contributed by atoms with Gasteiger partial charge in [0.15, 0.2) is 0 Å². The molecule has 0 bridgehead atoms. The van der Waals surface area contributed by atoms with Crippen LogP contribution in [0.25, 0.3) is 10.8 Å². The molecular formula is C17H23N. The van der Waals surface area contributed by atoms with E-state index in [1.54, 1.807) is 0 Å². The van der Waals surface area contributed by atoms with E-state index in [4.69, 9.17) is 0 Å². The molecule has 18 heavy (non-hydrogen) atoms. The van der Waals surface area contributed by atoms with E-state index in [9.17, 15) is 0 Å². The summed E-state index contributed by atoms with van der Waals surface area (Å²) < 4.78 is 0. The van der Waals surface area contributed by atoms with E-state index in [1.165, 1.54) is 22.8 Å². The first-order chi connectivity index (χ1) is 8.68. The molecule has 2 rings (SSSR count). The molecule has 0 saturated heterocycles. The van der Waals surface area contributed by atoms with Crippen molar-refractivity contribution in [2.75, 3.05) is 6.54 Å². The summed E-state index contributed by atoms with van der Waals surface area (Å²) in [5.74, 6) is 0.599. The summed E-state index contributed by atoms with van der Waals surface area (Å²) in [7, 11) is 0. The fourth-order valence-corrected chi connectivity index (χ4v) is 2.42. The summed E-state index contributed by atoms with van der Waals surface area (Å²) in [6.07, 6.45) is 1.19. The maximum atomic E-state index is 3.49. The minimum absolute atomic E-state index is 0.574. The van der Waals surface area contributed by atoms with Crippen molar-refractivity contribution in [3.63, 3.8) is 0 Å². The summed E-state index contributed by atoms with van der Waals surface area (Å²) in [4.78, 5) is 0. The zero-order valence-electron chi connectivity index (χ0n) is 11.6. The van der Waals surface area contributed by atoms with Gasteiger partial charge in [-0.3, -0.25) is 0 Å². The van der Waals surface area contributed by atoms with Crippen molar-refractivity contribution in [1.82, 2.24) is 5.32 Å². The maximum absolute atomic E-state index is 3.49. The van der Waals surface area contributed by atoms with Gasteiger partial charge >= 0.3 is 0 Å². The fraction of sp³-hybridized carbons (Fsp3) is 0.412. The topological polar surface area (TPSA) is 12.0 Å². The van der Waals surface area contributed by atoms with Gasteiger partial charge in [-0.15, -0.1) is 0 Å². The average Bonchev–Trinajstić information content (AvgIpc) is 2.37. The highest BCUT2D eigenvalue weighted by Crippen LogP contribution is 2.27. The Balaban J connectivity index is 2.15. The zero-order valence-corrected chi connectivity index (χ0v) is 11.6. The number of hydrogen-bond acceptors (Lipinski definition) is 1. The van der Waals surface area contributed by atoms with Crippen molar-refractivity contribution in [2.45, 2.75) is 39.2 Å². The highest BCUT2D eigenvalue weighted by Gasteiger charge is 2.08. The van der Waals surface area contributed by atoms with Gasteiger partial charge in [0, 0.05) is 6.04 Å². The standard InChI is InChI=1S/C17H23N/c1-13(2)18-12-11-14(3)16-10-6-8-15-7-4-5-9-17(15)16/h4-10,13-14,18H,11-12H2,1-3H3. The Morgan fingerprint density at radius 3 is 2.44 bits per heavy atom. The number of fused-ring (bicyclic) bond motifs is 1. The average molecular weight is 241 g/mol. The molecule has 2 aromatic carbocycles. The highest BCUT2D eigenvalue weighted by molar-refractivity contribution is 5.86. The third-order valence-corrected chi connectivity index (χ3v) is 3.48. The maximum Gasteiger partial charge on any atom is 0.00103 e. The number of benzene rings is 2. The van der Waals surface area contributed by atoms with Crippen LogP contribution in [-0.4, -0.2) is 12.6 Å². The van der Waals surface area contributed by atoms with Gasteiger partial charge in [-0.2, -0.15) is 0 Å². The Labute approximate surface area is 110 Å². The van der Waals surface area contributed by atoms with Crippen LogP contribution in [0.15, 0.2) is 42.5 Å². The first-order valence-electron chi connectivity index (χ1n) is 6.89. The molecule has 0 heterocycles. The molecule has 1 nitrogen and oxygen atoms in total. The van der Waals surface area contributed by atoms with Gasteiger partial charge in [0.05, 0.1) is 0 Å². The highest BCUT2D eigenvalue weighted by atomic mass is 14.9. The Kier molecular flexibility index (Phi) is 4.38. The lowest BCUT2D eigenvalue weighted by atomic mass is 9.92. The summed E-state index contributed by atoms with van der Waals surface area (Å²) in [5, 5.41) is 6.24. The van der Waals surface area contributed by atoms with Crippen molar-refractivity contribution >= 4 is 10.8 Å². The van der Waals surface area contributed by atoms with E-state index >= 15 is 0 Å². The van der Waals surface area contributed by atoms with Crippen molar-refractivity contribution in [3.05, 3.63) is 48.0 Å². The normalized spacial score (nSPS) is 13.1. The Bertz CT molecular complexity index is 496. The van der Waals surface area contributed by atoms with E-state index in [0.717, 1.165) is 6.54 Å². The van der Waals surface area contributed by atoms with E-state index in [1.807, 2.05) is 0 Å². The van der Waals surface area contributed by atoms with Gasteiger partial charge in [-0.05, 0) is 35.2 Å². The van der Waals surface area contributed by atoms with E-state index in [-0.39, 0.29) is 0 Å². The largest absolute Gasteiger partial charge is 0.315 e. The first-order valence-corrected chi connectivity index (χ1v) is 6.89.